The molecule has 3 rings (SSSR count). The van der Waals surface area contributed by atoms with Gasteiger partial charge in [-0.2, -0.15) is 5.26 Å². The van der Waals surface area contributed by atoms with Crippen LogP contribution >= 0.6 is 0 Å². The number of carbonyl (C=O) groups is 1. The number of pyridine rings is 1. The topological polar surface area (TPSA) is 75.0 Å². The molecule has 0 saturated carbocycles. The van der Waals surface area contributed by atoms with Crippen molar-refractivity contribution in [3.8, 4) is 11.8 Å². The summed E-state index contributed by atoms with van der Waals surface area (Å²) in [6, 6.07) is 14.6. The van der Waals surface area contributed by atoms with Crippen molar-refractivity contribution in [1.29, 1.82) is 5.26 Å². The normalized spacial score (nSPS) is 16.2. The molecule has 104 valence electrons. The van der Waals surface area contributed by atoms with Crippen molar-refractivity contribution in [3.63, 3.8) is 0 Å². The van der Waals surface area contributed by atoms with Crippen LogP contribution in [0.1, 0.15) is 11.3 Å². The van der Waals surface area contributed by atoms with Gasteiger partial charge in [-0.25, -0.2) is 4.98 Å². The summed E-state index contributed by atoms with van der Waals surface area (Å²) in [6.07, 6.45) is 0.639. The molecule has 0 saturated heterocycles. The number of ether oxygens (including phenoxy) is 1. The van der Waals surface area contributed by atoms with Crippen molar-refractivity contribution in [2.24, 2.45) is 5.92 Å². The molecule has 5 nitrogen and oxygen atoms in total. The van der Waals surface area contributed by atoms with E-state index in [1.807, 2.05) is 30.3 Å². The molecule has 0 bridgehead atoms. The Morgan fingerprint density at radius 2 is 2.14 bits per heavy atom. The number of hydrogen-bond donors (Lipinski definition) is 1. The Labute approximate surface area is 122 Å². The highest BCUT2D eigenvalue weighted by molar-refractivity contribution is 5.92. The smallest absolute Gasteiger partial charge is 0.232 e. The number of rotatable bonds is 2. The molecule has 1 aliphatic rings. The summed E-state index contributed by atoms with van der Waals surface area (Å²) in [5.74, 6) is 0.823. The van der Waals surface area contributed by atoms with E-state index in [1.165, 1.54) is 0 Å². The number of amides is 1. The quantitative estimate of drug-likeness (QED) is 0.914. The average molecular weight is 279 g/mol. The fourth-order valence-electron chi connectivity index (χ4n) is 2.29. The van der Waals surface area contributed by atoms with Crippen LogP contribution in [0.4, 0.5) is 5.82 Å². The van der Waals surface area contributed by atoms with E-state index in [0.29, 0.717) is 18.8 Å². The maximum atomic E-state index is 12.3. The molecule has 2 heterocycles. The van der Waals surface area contributed by atoms with E-state index >= 15 is 0 Å². The Morgan fingerprint density at radius 3 is 3.00 bits per heavy atom. The summed E-state index contributed by atoms with van der Waals surface area (Å²) in [4.78, 5) is 16.3. The maximum absolute atomic E-state index is 12.3. The predicted octanol–water partition coefficient (Wildman–Crippen LogP) is 2.14. The molecule has 1 aliphatic heterocycles. The zero-order valence-corrected chi connectivity index (χ0v) is 11.2. The molecule has 2 aromatic rings. The lowest BCUT2D eigenvalue weighted by molar-refractivity contribution is -0.121. The molecule has 5 heteroatoms. The molecule has 0 aliphatic carbocycles. The summed E-state index contributed by atoms with van der Waals surface area (Å²) in [6.45, 7) is 0.348. The number of nitrogens with one attached hydrogen (secondary N) is 1. The molecule has 1 aromatic carbocycles. The van der Waals surface area contributed by atoms with Crippen molar-refractivity contribution >= 4 is 11.7 Å². The molecule has 1 amide bonds. The predicted molar refractivity (Wildman–Crippen MR) is 76.7 cm³/mol. The molecule has 0 fully saturated rings. The van der Waals surface area contributed by atoms with Crippen molar-refractivity contribution in [1.82, 2.24) is 4.98 Å². The van der Waals surface area contributed by atoms with Crippen LogP contribution in [0.5, 0.6) is 5.75 Å². The molecular weight excluding hydrogens is 266 g/mol. The Balaban J connectivity index is 1.71. The summed E-state index contributed by atoms with van der Waals surface area (Å²) < 4.78 is 5.61. The summed E-state index contributed by atoms with van der Waals surface area (Å²) >= 11 is 0. The number of hydrogen-bond acceptors (Lipinski definition) is 4. The molecule has 1 N–H and O–H groups in total. The molecular formula is C16H13N3O2. The van der Waals surface area contributed by atoms with Gasteiger partial charge >= 0.3 is 0 Å². The fraction of sp³-hybridized carbons (Fsp3) is 0.188. The first kappa shape index (κ1) is 13.1. The van der Waals surface area contributed by atoms with E-state index in [4.69, 9.17) is 10.00 Å². The van der Waals surface area contributed by atoms with Gasteiger partial charge in [-0.1, -0.05) is 24.3 Å². The van der Waals surface area contributed by atoms with Gasteiger partial charge in [0.15, 0.2) is 0 Å². The van der Waals surface area contributed by atoms with E-state index in [0.717, 1.165) is 11.3 Å². The number of aromatic nitrogens is 1. The molecule has 0 spiro atoms. The second kappa shape index (κ2) is 5.63. The lowest BCUT2D eigenvalue weighted by Gasteiger charge is -2.24. The van der Waals surface area contributed by atoms with Crippen LogP contribution in [0.25, 0.3) is 0 Å². The molecule has 0 radical (unpaired) electrons. The second-order valence-corrected chi connectivity index (χ2v) is 4.83. The van der Waals surface area contributed by atoms with Gasteiger partial charge in [-0.15, -0.1) is 0 Å². The third-order valence-corrected chi connectivity index (χ3v) is 3.36. The number of para-hydroxylation sites is 1. The van der Waals surface area contributed by atoms with Crippen LogP contribution in [0.2, 0.25) is 0 Å². The van der Waals surface area contributed by atoms with Gasteiger partial charge in [0.2, 0.25) is 5.91 Å². The lowest BCUT2D eigenvalue weighted by Crippen LogP contribution is -2.32. The van der Waals surface area contributed by atoms with E-state index in [2.05, 4.69) is 10.3 Å². The monoisotopic (exact) mass is 279 g/mol. The van der Waals surface area contributed by atoms with E-state index < -0.39 is 0 Å². The third kappa shape index (κ3) is 2.84. The minimum Gasteiger partial charge on any atom is -0.492 e. The van der Waals surface area contributed by atoms with Crippen LogP contribution in [0.3, 0.4) is 0 Å². The summed E-state index contributed by atoms with van der Waals surface area (Å²) in [5.41, 5.74) is 1.31. The van der Waals surface area contributed by atoms with Gasteiger partial charge in [0.25, 0.3) is 0 Å². The van der Waals surface area contributed by atoms with Gasteiger partial charge in [0.1, 0.15) is 29.9 Å². The highest BCUT2D eigenvalue weighted by Crippen LogP contribution is 2.27. The van der Waals surface area contributed by atoms with Crippen LogP contribution in [0.15, 0.2) is 42.5 Å². The number of fused-ring (bicyclic) bond motifs is 1. The standard InChI is InChI=1S/C16H13N3O2/c17-9-13-5-3-7-15(18-13)19-16(20)12-8-11-4-1-2-6-14(11)21-10-12/h1-7,12H,8,10H2,(H,18,19,20). The van der Waals surface area contributed by atoms with Crippen LogP contribution in [-0.4, -0.2) is 17.5 Å². The Morgan fingerprint density at radius 1 is 1.29 bits per heavy atom. The number of benzene rings is 1. The molecule has 1 unspecified atom stereocenters. The summed E-state index contributed by atoms with van der Waals surface area (Å²) in [7, 11) is 0. The van der Waals surface area contributed by atoms with Crippen molar-refractivity contribution in [2.75, 3.05) is 11.9 Å². The lowest BCUT2D eigenvalue weighted by atomic mass is 9.96. The van der Waals surface area contributed by atoms with Crippen LogP contribution in [-0.2, 0) is 11.2 Å². The average Bonchev–Trinajstić information content (AvgIpc) is 2.54. The maximum Gasteiger partial charge on any atom is 0.232 e. The second-order valence-electron chi connectivity index (χ2n) is 4.83. The van der Waals surface area contributed by atoms with Crippen molar-refractivity contribution in [3.05, 3.63) is 53.7 Å². The first-order chi connectivity index (χ1) is 10.3. The zero-order chi connectivity index (χ0) is 14.7. The minimum atomic E-state index is -0.257. The van der Waals surface area contributed by atoms with Gasteiger partial charge in [0, 0.05) is 0 Å². The van der Waals surface area contributed by atoms with Crippen molar-refractivity contribution in [2.45, 2.75) is 6.42 Å². The van der Waals surface area contributed by atoms with E-state index in [1.54, 1.807) is 18.2 Å². The van der Waals surface area contributed by atoms with Crippen LogP contribution in [0, 0.1) is 17.2 Å². The number of anilines is 1. The van der Waals surface area contributed by atoms with E-state index in [9.17, 15) is 4.79 Å². The molecule has 1 aromatic heterocycles. The van der Waals surface area contributed by atoms with Crippen molar-refractivity contribution < 1.29 is 9.53 Å². The Hall–Kier alpha value is -2.87. The van der Waals surface area contributed by atoms with Gasteiger partial charge < -0.3 is 10.1 Å². The SMILES string of the molecule is N#Cc1cccc(NC(=O)C2COc3ccccc3C2)n1. The summed E-state index contributed by atoms with van der Waals surface area (Å²) in [5, 5.41) is 11.5. The van der Waals surface area contributed by atoms with E-state index in [-0.39, 0.29) is 17.5 Å². The van der Waals surface area contributed by atoms with Gasteiger partial charge in [-0.3, -0.25) is 4.79 Å². The third-order valence-electron chi connectivity index (χ3n) is 3.36. The Kier molecular flexibility index (Phi) is 3.52. The van der Waals surface area contributed by atoms with Gasteiger partial charge in [-0.05, 0) is 30.2 Å². The first-order valence-electron chi connectivity index (χ1n) is 6.65. The molecule has 21 heavy (non-hydrogen) atoms. The highest BCUT2D eigenvalue weighted by atomic mass is 16.5. The number of nitrogens with zero attached hydrogens (tertiary/aromatic N) is 2. The van der Waals surface area contributed by atoms with Crippen LogP contribution < -0.4 is 10.1 Å². The number of nitriles is 1. The minimum absolute atomic E-state index is 0.146. The zero-order valence-electron chi connectivity index (χ0n) is 11.2. The fourth-order valence-corrected chi connectivity index (χ4v) is 2.29. The first-order valence-corrected chi connectivity index (χ1v) is 6.65. The Bertz CT molecular complexity index is 721. The highest BCUT2D eigenvalue weighted by Gasteiger charge is 2.26. The number of carbonyl (C=O) groups excluding carboxylic acids is 1. The molecule has 1 atom stereocenters. The van der Waals surface area contributed by atoms with Gasteiger partial charge in [0.05, 0.1) is 5.92 Å². The largest absolute Gasteiger partial charge is 0.492 e.